The topological polar surface area (TPSA) is 44.8 Å². The molecular formula is C19H27N3O2. The predicted octanol–water partition coefficient (Wildman–Crippen LogP) is 2.80. The molecule has 5 heteroatoms. The lowest BCUT2D eigenvalue weighted by molar-refractivity contribution is 0.195. The van der Waals surface area contributed by atoms with Crippen LogP contribution in [0.15, 0.2) is 36.9 Å². The Bertz CT molecular complexity index is 600. The third-order valence-electron chi connectivity index (χ3n) is 4.95. The van der Waals surface area contributed by atoms with E-state index in [0.29, 0.717) is 12.6 Å². The Balaban J connectivity index is 1.79. The summed E-state index contributed by atoms with van der Waals surface area (Å²) in [6.45, 7) is 5.28. The minimum atomic E-state index is -0.0366. The van der Waals surface area contributed by atoms with Crippen LogP contribution in [-0.2, 0) is 0 Å². The molecule has 2 atom stereocenters. The first-order valence-corrected chi connectivity index (χ1v) is 8.66. The fourth-order valence-corrected chi connectivity index (χ4v) is 3.58. The van der Waals surface area contributed by atoms with Crippen molar-refractivity contribution in [2.75, 3.05) is 27.2 Å². The van der Waals surface area contributed by atoms with E-state index in [0.717, 1.165) is 18.7 Å². The smallest absolute Gasteiger partial charge is 0.317 e. The Kier molecular flexibility index (Phi) is 5.09. The highest BCUT2D eigenvalue weighted by Crippen LogP contribution is 2.41. The van der Waals surface area contributed by atoms with Crippen LogP contribution >= 0.6 is 0 Å². The minimum absolute atomic E-state index is 0.0366. The second-order valence-corrected chi connectivity index (χ2v) is 6.70. The van der Waals surface area contributed by atoms with Crippen LogP contribution in [0.4, 0.5) is 4.79 Å². The van der Waals surface area contributed by atoms with Gasteiger partial charge in [0.2, 0.25) is 0 Å². The summed E-state index contributed by atoms with van der Waals surface area (Å²) in [6, 6.07) is 9.19. The zero-order valence-electron chi connectivity index (χ0n) is 14.6. The van der Waals surface area contributed by atoms with Gasteiger partial charge in [-0.05, 0) is 37.0 Å². The molecule has 5 nitrogen and oxygen atoms in total. The summed E-state index contributed by atoms with van der Waals surface area (Å²) in [5.41, 5.74) is 1.22. The first-order valence-electron chi connectivity index (χ1n) is 8.66. The van der Waals surface area contributed by atoms with Crippen molar-refractivity contribution in [2.45, 2.75) is 37.4 Å². The van der Waals surface area contributed by atoms with Crippen molar-refractivity contribution in [3.63, 3.8) is 0 Å². The van der Waals surface area contributed by atoms with Crippen LogP contribution in [0, 0.1) is 0 Å². The van der Waals surface area contributed by atoms with Gasteiger partial charge in [0.15, 0.2) is 0 Å². The Morgan fingerprint density at radius 3 is 2.92 bits per heavy atom. The standard InChI is InChI=1S/C19H27N3O2/c1-4-11-21(2)19(23)20-17-10-12-22(15-8-9-15)18(17)14-6-5-7-16(13-14)24-3/h4-7,13,15,17-18H,1,8-12H2,2-3H3,(H,20,23)/t17-,18-/m0/s1. The summed E-state index contributed by atoms with van der Waals surface area (Å²) in [5, 5.41) is 3.22. The summed E-state index contributed by atoms with van der Waals surface area (Å²) in [4.78, 5) is 16.6. The maximum Gasteiger partial charge on any atom is 0.317 e. The van der Waals surface area contributed by atoms with Crippen molar-refractivity contribution in [1.29, 1.82) is 0 Å². The van der Waals surface area contributed by atoms with E-state index in [4.69, 9.17) is 4.74 Å². The number of nitrogens with zero attached hydrogens (tertiary/aromatic N) is 2. The van der Waals surface area contributed by atoms with Crippen molar-refractivity contribution < 1.29 is 9.53 Å². The molecule has 0 radical (unpaired) electrons. The molecule has 1 aliphatic heterocycles. The Morgan fingerprint density at radius 1 is 1.46 bits per heavy atom. The molecule has 130 valence electrons. The molecule has 1 saturated heterocycles. The fourth-order valence-electron chi connectivity index (χ4n) is 3.58. The van der Waals surface area contributed by atoms with Gasteiger partial charge in [0.25, 0.3) is 0 Å². The summed E-state index contributed by atoms with van der Waals surface area (Å²) in [7, 11) is 3.49. The van der Waals surface area contributed by atoms with Gasteiger partial charge in [-0.25, -0.2) is 4.79 Å². The quantitative estimate of drug-likeness (QED) is 0.816. The van der Waals surface area contributed by atoms with Crippen LogP contribution in [0.25, 0.3) is 0 Å². The zero-order chi connectivity index (χ0) is 17.1. The molecule has 0 bridgehead atoms. The first-order chi connectivity index (χ1) is 11.6. The Hall–Kier alpha value is -2.01. The van der Waals surface area contributed by atoms with Gasteiger partial charge in [-0.3, -0.25) is 4.90 Å². The van der Waals surface area contributed by atoms with E-state index < -0.39 is 0 Å². The highest BCUT2D eigenvalue weighted by Gasteiger charge is 2.43. The van der Waals surface area contributed by atoms with Crippen LogP contribution in [0.1, 0.15) is 30.9 Å². The van der Waals surface area contributed by atoms with Gasteiger partial charge in [-0.2, -0.15) is 0 Å². The lowest BCUT2D eigenvalue weighted by Crippen LogP contribution is -2.45. The average Bonchev–Trinajstić information content (AvgIpc) is 3.36. The zero-order valence-corrected chi connectivity index (χ0v) is 14.6. The number of amides is 2. The van der Waals surface area contributed by atoms with Gasteiger partial charge in [-0.1, -0.05) is 18.2 Å². The number of hydrogen-bond donors (Lipinski definition) is 1. The number of likely N-dealkylation sites (N-methyl/N-ethyl adjacent to an activating group) is 1. The van der Waals surface area contributed by atoms with Crippen LogP contribution in [0.5, 0.6) is 5.75 Å². The van der Waals surface area contributed by atoms with E-state index in [1.54, 1.807) is 25.1 Å². The monoisotopic (exact) mass is 329 g/mol. The highest BCUT2D eigenvalue weighted by atomic mass is 16.5. The second-order valence-electron chi connectivity index (χ2n) is 6.70. The Morgan fingerprint density at radius 2 is 2.25 bits per heavy atom. The number of rotatable bonds is 6. The minimum Gasteiger partial charge on any atom is -0.497 e. The van der Waals surface area contributed by atoms with Gasteiger partial charge in [0.05, 0.1) is 19.2 Å². The number of methoxy groups -OCH3 is 1. The van der Waals surface area contributed by atoms with E-state index in [9.17, 15) is 4.79 Å². The van der Waals surface area contributed by atoms with Crippen molar-refractivity contribution in [3.05, 3.63) is 42.5 Å². The molecule has 1 aromatic carbocycles. The van der Waals surface area contributed by atoms with Gasteiger partial charge >= 0.3 is 6.03 Å². The molecular weight excluding hydrogens is 302 g/mol. The van der Waals surface area contributed by atoms with Crippen molar-refractivity contribution in [1.82, 2.24) is 15.1 Å². The number of nitrogens with one attached hydrogen (secondary N) is 1. The molecule has 24 heavy (non-hydrogen) atoms. The molecule has 1 aliphatic carbocycles. The highest BCUT2D eigenvalue weighted by molar-refractivity contribution is 5.74. The first kappa shape index (κ1) is 16.8. The number of carbonyl (C=O) groups is 1. The molecule has 0 spiro atoms. The number of urea groups is 1. The van der Waals surface area contributed by atoms with Crippen molar-refractivity contribution >= 4 is 6.03 Å². The van der Waals surface area contributed by atoms with E-state index in [1.165, 1.54) is 18.4 Å². The maximum atomic E-state index is 12.4. The molecule has 2 aliphatic rings. The lowest BCUT2D eigenvalue weighted by Gasteiger charge is -2.30. The molecule has 1 aromatic rings. The largest absolute Gasteiger partial charge is 0.497 e. The van der Waals surface area contributed by atoms with E-state index >= 15 is 0 Å². The Labute approximate surface area is 144 Å². The number of likely N-dealkylation sites (tertiary alicyclic amines) is 1. The third kappa shape index (κ3) is 3.56. The number of carbonyl (C=O) groups excluding carboxylic acids is 1. The van der Waals surface area contributed by atoms with Gasteiger partial charge in [-0.15, -0.1) is 6.58 Å². The van der Waals surface area contributed by atoms with Crippen LogP contribution in [-0.4, -0.2) is 55.2 Å². The maximum absolute atomic E-state index is 12.4. The van der Waals surface area contributed by atoms with Crippen LogP contribution in [0.2, 0.25) is 0 Å². The van der Waals surface area contributed by atoms with Crippen LogP contribution < -0.4 is 10.1 Å². The summed E-state index contributed by atoms with van der Waals surface area (Å²) >= 11 is 0. The lowest BCUT2D eigenvalue weighted by atomic mass is 9.99. The van der Waals surface area contributed by atoms with Gasteiger partial charge in [0, 0.05) is 26.2 Å². The summed E-state index contributed by atoms with van der Waals surface area (Å²) in [5.74, 6) is 0.865. The summed E-state index contributed by atoms with van der Waals surface area (Å²) in [6.07, 6.45) is 5.24. The molecule has 1 N–H and O–H groups in total. The van der Waals surface area contributed by atoms with Crippen molar-refractivity contribution in [3.8, 4) is 5.75 Å². The summed E-state index contributed by atoms with van der Waals surface area (Å²) < 4.78 is 5.39. The number of ether oxygens (including phenoxy) is 1. The molecule has 3 rings (SSSR count). The van der Waals surface area contributed by atoms with E-state index in [2.05, 4.69) is 28.9 Å². The molecule has 2 amide bonds. The predicted molar refractivity (Wildman–Crippen MR) is 95.2 cm³/mol. The average molecular weight is 329 g/mol. The molecule has 1 heterocycles. The SMILES string of the molecule is C=CCN(C)C(=O)N[C@H]1CCN(C2CC2)[C@H]1c1cccc(OC)c1. The fraction of sp³-hybridized carbons (Fsp3) is 0.526. The van der Waals surface area contributed by atoms with E-state index in [-0.39, 0.29) is 18.1 Å². The van der Waals surface area contributed by atoms with E-state index in [1.807, 2.05) is 12.1 Å². The third-order valence-corrected chi connectivity index (χ3v) is 4.95. The normalized spacial score (nSPS) is 23.8. The number of hydrogen-bond acceptors (Lipinski definition) is 3. The molecule has 0 aromatic heterocycles. The van der Waals surface area contributed by atoms with Gasteiger partial charge < -0.3 is 15.0 Å². The number of benzene rings is 1. The van der Waals surface area contributed by atoms with Gasteiger partial charge in [0.1, 0.15) is 5.75 Å². The molecule has 2 fully saturated rings. The molecule has 1 saturated carbocycles. The van der Waals surface area contributed by atoms with Crippen molar-refractivity contribution in [2.24, 2.45) is 0 Å². The second kappa shape index (κ2) is 7.26. The van der Waals surface area contributed by atoms with Crippen LogP contribution in [0.3, 0.4) is 0 Å². The molecule has 0 unspecified atom stereocenters.